The van der Waals surface area contributed by atoms with Gasteiger partial charge in [-0.25, -0.2) is 15.6 Å². The second kappa shape index (κ2) is 6.24. The fourth-order valence-corrected chi connectivity index (χ4v) is 3.25. The molecular formula is C15H18ClN3O3. The number of likely N-dealkylation sites (tertiary alicyclic amines) is 1. The highest BCUT2D eigenvalue weighted by molar-refractivity contribution is 6.30. The number of hydrogen-bond donors (Lipinski definition) is 3. The lowest BCUT2D eigenvalue weighted by molar-refractivity contribution is -0.148. The van der Waals surface area contributed by atoms with Crippen LogP contribution in [0, 0.1) is 0 Å². The quantitative estimate of drug-likeness (QED) is 0.781. The molecule has 118 valence electrons. The van der Waals surface area contributed by atoms with E-state index in [9.17, 15) is 14.7 Å². The number of carboxylic acid groups (broad SMARTS) is 1. The third kappa shape index (κ3) is 2.95. The maximum Gasteiger partial charge on any atom is 0.326 e. The molecule has 2 aliphatic heterocycles. The topological polar surface area (TPSA) is 81.7 Å². The first-order valence-corrected chi connectivity index (χ1v) is 7.74. The SMILES string of the molecule is O=C(O)[C@H]1CCCN1C(=O)C1CC(c2ccc(Cl)cc2)NN1. The van der Waals surface area contributed by atoms with E-state index >= 15 is 0 Å². The van der Waals surface area contributed by atoms with Crippen molar-refractivity contribution in [2.24, 2.45) is 0 Å². The predicted molar refractivity (Wildman–Crippen MR) is 81.2 cm³/mol. The smallest absolute Gasteiger partial charge is 0.326 e. The van der Waals surface area contributed by atoms with Gasteiger partial charge in [-0.05, 0) is 37.0 Å². The molecule has 3 atom stereocenters. The highest BCUT2D eigenvalue weighted by atomic mass is 35.5. The third-order valence-electron chi connectivity index (χ3n) is 4.29. The third-order valence-corrected chi connectivity index (χ3v) is 4.55. The molecule has 3 N–H and O–H groups in total. The standard InChI is InChI=1S/C15H18ClN3O3/c16-10-5-3-9(4-6-10)11-8-12(18-17-11)14(20)19-7-1-2-13(19)15(21)22/h3-6,11-13,17-18H,1-2,7-8H2,(H,21,22)/t11?,12?,13-/m1/s1. The average molecular weight is 324 g/mol. The zero-order valence-electron chi connectivity index (χ0n) is 12.0. The molecule has 0 spiro atoms. The lowest BCUT2D eigenvalue weighted by atomic mass is 10.0. The van der Waals surface area contributed by atoms with E-state index in [1.165, 1.54) is 4.90 Å². The summed E-state index contributed by atoms with van der Waals surface area (Å²) in [5.41, 5.74) is 7.14. The average Bonchev–Trinajstić information content (AvgIpc) is 3.17. The minimum Gasteiger partial charge on any atom is -0.480 e. The molecule has 0 aromatic heterocycles. The first kappa shape index (κ1) is 15.3. The number of aliphatic carboxylic acids is 1. The summed E-state index contributed by atoms with van der Waals surface area (Å²) in [7, 11) is 0. The second-order valence-electron chi connectivity index (χ2n) is 5.71. The largest absolute Gasteiger partial charge is 0.480 e. The van der Waals surface area contributed by atoms with E-state index in [0.717, 1.165) is 12.0 Å². The van der Waals surface area contributed by atoms with Crippen LogP contribution >= 0.6 is 11.6 Å². The lowest BCUT2D eigenvalue weighted by Gasteiger charge is -2.24. The van der Waals surface area contributed by atoms with Crippen molar-refractivity contribution in [3.05, 3.63) is 34.9 Å². The monoisotopic (exact) mass is 323 g/mol. The van der Waals surface area contributed by atoms with Crippen LogP contribution in [0.4, 0.5) is 0 Å². The summed E-state index contributed by atoms with van der Waals surface area (Å²) >= 11 is 5.88. The summed E-state index contributed by atoms with van der Waals surface area (Å²) in [6.07, 6.45) is 1.86. The van der Waals surface area contributed by atoms with Gasteiger partial charge in [0.25, 0.3) is 0 Å². The number of benzene rings is 1. The van der Waals surface area contributed by atoms with Crippen molar-refractivity contribution in [2.75, 3.05) is 6.54 Å². The fourth-order valence-electron chi connectivity index (χ4n) is 3.12. The fraction of sp³-hybridized carbons (Fsp3) is 0.467. The molecular weight excluding hydrogens is 306 g/mol. The molecule has 6 nitrogen and oxygen atoms in total. The number of halogens is 1. The highest BCUT2D eigenvalue weighted by Gasteiger charge is 2.39. The van der Waals surface area contributed by atoms with E-state index < -0.39 is 18.1 Å². The van der Waals surface area contributed by atoms with Crippen LogP contribution in [0.1, 0.15) is 30.9 Å². The number of carbonyl (C=O) groups is 2. The molecule has 2 fully saturated rings. The molecule has 2 unspecified atom stereocenters. The molecule has 1 aromatic rings. The van der Waals surface area contributed by atoms with Gasteiger partial charge in [-0.3, -0.25) is 4.79 Å². The van der Waals surface area contributed by atoms with Gasteiger partial charge in [0.1, 0.15) is 12.1 Å². The first-order chi connectivity index (χ1) is 10.6. The maximum absolute atomic E-state index is 12.5. The molecule has 2 aliphatic rings. The summed E-state index contributed by atoms with van der Waals surface area (Å²) in [5.74, 6) is -1.07. The van der Waals surface area contributed by atoms with Crippen LogP contribution in [-0.2, 0) is 9.59 Å². The van der Waals surface area contributed by atoms with Crippen molar-refractivity contribution in [2.45, 2.75) is 37.4 Å². The number of carbonyl (C=O) groups excluding carboxylic acids is 1. The Morgan fingerprint density at radius 1 is 1.23 bits per heavy atom. The van der Waals surface area contributed by atoms with Gasteiger partial charge in [0, 0.05) is 17.6 Å². The number of rotatable bonds is 3. The summed E-state index contributed by atoms with van der Waals surface area (Å²) in [5, 5.41) is 9.86. The van der Waals surface area contributed by atoms with Crippen molar-refractivity contribution in [3.8, 4) is 0 Å². The number of nitrogens with one attached hydrogen (secondary N) is 2. The molecule has 0 saturated carbocycles. The van der Waals surface area contributed by atoms with Crippen LogP contribution < -0.4 is 10.9 Å². The van der Waals surface area contributed by atoms with Gasteiger partial charge < -0.3 is 10.0 Å². The van der Waals surface area contributed by atoms with E-state index in [1.54, 1.807) is 0 Å². The zero-order chi connectivity index (χ0) is 15.7. The van der Waals surface area contributed by atoms with Gasteiger partial charge in [-0.2, -0.15) is 0 Å². The summed E-state index contributed by atoms with van der Waals surface area (Å²) in [6, 6.07) is 6.39. The van der Waals surface area contributed by atoms with Crippen LogP contribution in [0.15, 0.2) is 24.3 Å². The minimum absolute atomic E-state index is 0.0112. The number of nitrogens with zero attached hydrogens (tertiary/aromatic N) is 1. The van der Waals surface area contributed by atoms with Crippen molar-refractivity contribution < 1.29 is 14.7 Å². The Kier molecular flexibility index (Phi) is 4.33. The van der Waals surface area contributed by atoms with Gasteiger partial charge in [0.2, 0.25) is 5.91 Å². The van der Waals surface area contributed by atoms with Crippen LogP contribution in [-0.4, -0.2) is 40.5 Å². The maximum atomic E-state index is 12.5. The van der Waals surface area contributed by atoms with Crippen LogP contribution in [0.2, 0.25) is 5.02 Å². The second-order valence-corrected chi connectivity index (χ2v) is 6.15. The van der Waals surface area contributed by atoms with E-state index in [0.29, 0.717) is 24.4 Å². The van der Waals surface area contributed by atoms with Crippen LogP contribution in [0.5, 0.6) is 0 Å². The molecule has 7 heteroatoms. The van der Waals surface area contributed by atoms with Crippen molar-refractivity contribution >= 4 is 23.5 Å². The van der Waals surface area contributed by atoms with Crippen molar-refractivity contribution in [3.63, 3.8) is 0 Å². The van der Waals surface area contributed by atoms with Gasteiger partial charge in [0.05, 0.1) is 0 Å². The zero-order valence-corrected chi connectivity index (χ0v) is 12.7. The van der Waals surface area contributed by atoms with E-state index in [4.69, 9.17) is 11.6 Å². The van der Waals surface area contributed by atoms with Crippen molar-refractivity contribution in [1.29, 1.82) is 0 Å². The molecule has 1 amide bonds. The Labute approximate surface area is 133 Å². The predicted octanol–water partition coefficient (Wildman–Crippen LogP) is 1.32. The molecule has 2 saturated heterocycles. The number of hydrogen-bond acceptors (Lipinski definition) is 4. The molecule has 2 heterocycles. The molecule has 0 radical (unpaired) electrons. The normalized spacial score (nSPS) is 28.0. The Bertz CT molecular complexity index is 578. The van der Waals surface area contributed by atoms with E-state index in [2.05, 4.69) is 10.9 Å². The molecule has 1 aromatic carbocycles. The first-order valence-electron chi connectivity index (χ1n) is 7.36. The van der Waals surface area contributed by atoms with Gasteiger partial charge in [-0.15, -0.1) is 0 Å². The Hall–Kier alpha value is -1.63. The summed E-state index contributed by atoms with van der Waals surface area (Å²) in [6.45, 7) is 0.513. The molecule has 22 heavy (non-hydrogen) atoms. The highest BCUT2D eigenvalue weighted by Crippen LogP contribution is 2.26. The number of carboxylic acids is 1. The molecule has 0 bridgehead atoms. The molecule has 3 rings (SSSR count). The van der Waals surface area contributed by atoms with Crippen LogP contribution in [0.3, 0.4) is 0 Å². The number of amides is 1. The lowest BCUT2D eigenvalue weighted by Crippen LogP contribution is -2.49. The Morgan fingerprint density at radius 2 is 1.95 bits per heavy atom. The van der Waals surface area contributed by atoms with Gasteiger partial charge in [0.15, 0.2) is 0 Å². The Balaban J connectivity index is 1.66. The Morgan fingerprint density at radius 3 is 2.64 bits per heavy atom. The van der Waals surface area contributed by atoms with E-state index in [1.807, 2.05) is 24.3 Å². The number of hydrazine groups is 1. The van der Waals surface area contributed by atoms with Gasteiger partial charge >= 0.3 is 5.97 Å². The van der Waals surface area contributed by atoms with Crippen LogP contribution in [0.25, 0.3) is 0 Å². The minimum atomic E-state index is -0.925. The summed E-state index contributed by atoms with van der Waals surface area (Å²) < 4.78 is 0. The van der Waals surface area contributed by atoms with Crippen molar-refractivity contribution in [1.82, 2.24) is 15.8 Å². The van der Waals surface area contributed by atoms with Gasteiger partial charge in [-0.1, -0.05) is 23.7 Å². The summed E-state index contributed by atoms with van der Waals surface area (Å²) in [4.78, 5) is 25.2. The molecule has 0 aliphatic carbocycles. The van der Waals surface area contributed by atoms with E-state index in [-0.39, 0.29) is 11.9 Å².